The number of hydrogen-bond donors (Lipinski definition) is 0. The van der Waals surface area contributed by atoms with Crippen molar-refractivity contribution < 1.29 is 0 Å². The number of halogens is 15. The lowest BCUT2D eigenvalue weighted by atomic mass is 10.5. The molecule has 0 N–H and O–H groups in total. The molecule has 0 saturated carbocycles. The van der Waals surface area contributed by atoms with Crippen LogP contribution in [-0.4, -0.2) is 29.9 Å². The lowest BCUT2D eigenvalue weighted by molar-refractivity contribution is 0.789. The van der Waals surface area contributed by atoms with E-state index in [0.29, 0.717) is 5.82 Å². The molecule has 0 bridgehead atoms. The van der Waals surface area contributed by atoms with Crippen molar-refractivity contribution in [2.45, 2.75) is 25.9 Å². The Balaban J connectivity index is 0.000000335. The minimum Gasteiger partial charge on any atom is -0.214 e. The lowest BCUT2D eigenvalue weighted by Crippen LogP contribution is -2.21. The van der Waals surface area contributed by atoms with E-state index < -0.39 is 19.0 Å². The van der Waals surface area contributed by atoms with Crippen LogP contribution >= 0.6 is 174 Å². The van der Waals surface area contributed by atoms with E-state index in [1.807, 2.05) is 0 Å². The van der Waals surface area contributed by atoms with E-state index in [9.17, 15) is 0 Å². The third-order valence-electron chi connectivity index (χ3n) is 2.65. The monoisotopic (exact) mass is 756 g/mol. The van der Waals surface area contributed by atoms with Crippen LogP contribution in [0.4, 0.5) is 0 Å². The number of alkyl halides is 15. The van der Waals surface area contributed by atoms with Crippen molar-refractivity contribution in [3.63, 3.8) is 0 Å². The summed E-state index contributed by atoms with van der Waals surface area (Å²) in [4.78, 5) is 22.5. The van der Waals surface area contributed by atoms with Gasteiger partial charge in [0.25, 0.3) is 0 Å². The van der Waals surface area contributed by atoms with Gasteiger partial charge in [-0.2, -0.15) is 0 Å². The van der Waals surface area contributed by atoms with Crippen LogP contribution in [-0.2, 0) is 19.0 Å². The summed E-state index contributed by atoms with van der Waals surface area (Å²) in [7, 11) is 0. The molecule has 2 rings (SSSR count). The highest BCUT2D eigenvalue weighted by Gasteiger charge is 2.38. The minimum absolute atomic E-state index is 0.0821. The average Bonchev–Trinajstić information content (AvgIpc) is 2.57. The van der Waals surface area contributed by atoms with Crippen molar-refractivity contribution in [2.24, 2.45) is 0 Å². The molecule has 0 spiro atoms. The fourth-order valence-corrected chi connectivity index (χ4v) is 2.76. The molecule has 0 saturated heterocycles. The van der Waals surface area contributed by atoms with Crippen molar-refractivity contribution in [1.82, 2.24) is 29.9 Å². The number of aromatic nitrogens is 6. The summed E-state index contributed by atoms with van der Waals surface area (Å²) in [5.74, 6) is -0.851. The number of nitrogens with zero attached hydrogens (tertiary/aromatic N) is 6. The second-order valence-corrected chi connectivity index (χ2v) is 16.7. The van der Waals surface area contributed by atoms with Gasteiger partial charge < -0.3 is 0 Å². The standard InChI is InChI=1S/C6Cl9N3.C6H3Cl6N3/c7-4(8,9)1-16-2(5(10,11)12)18-3(17-1)6(13,14)15;1-2-13-3(5(7,8)9)15-4(14-2)6(10,11)12/h;1H3. The van der Waals surface area contributed by atoms with Gasteiger partial charge in [-0.15, -0.1) is 0 Å². The summed E-state index contributed by atoms with van der Waals surface area (Å²) >= 11 is 84.2. The molecule has 2 aromatic rings. The van der Waals surface area contributed by atoms with Crippen molar-refractivity contribution in [3.8, 4) is 0 Å². The van der Waals surface area contributed by atoms with E-state index in [4.69, 9.17) is 174 Å². The maximum atomic E-state index is 5.62. The Labute approximate surface area is 262 Å². The second kappa shape index (κ2) is 12.0. The SMILES string of the molecule is Cc1nc(C(Cl)(Cl)Cl)nc(C(Cl)(Cl)Cl)n1.ClC(Cl)(Cl)c1nc(C(Cl)(Cl)Cl)nc(C(Cl)(Cl)Cl)n1. The first-order valence-corrected chi connectivity index (χ1v) is 12.9. The Kier molecular flexibility index (Phi) is 12.2. The Bertz CT molecular complexity index is 859. The summed E-state index contributed by atoms with van der Waals surface area (Å²) in [6.07, 6.45) is 0. The first kappa shape index (κ1) is 33.4. The van der Waals surface area contributed by atoms with Crippen LogP contribution in [0.1, 0.15) is 34.9 Å². The Morgan fingerprint density at radius 1 is 0.333 bits per heavy atom. The summed E-state index contributed by atoms with van der Waals surface area (Å²) < 4.78 is -9.52. The predicted octanol–water partition coefficient (Wildman–Crippen LogP) is 9.19. The summed E-state index contributed by atoms with van der Waals surface area (Å²) in [6, 6.07) is 0. The van der Waals surface area contributed by atoms with E-state index in [-0.39, 0.29) is 29.1 Å². The zero-order valence-electron chi connectivity index (χ0n) is 14.9. The molecule has 0 radical (unpaired) electrons. The number of aryl methyl sites for hydroxylation is 1. The zero-order valence-corrected chi connectivity index (χ0v) is 26.2. The maximum Gasteiger partial charge on any atom is 0.250 e. The minimum atomic E-state index is -1.99. The lowest BCUT2D eigenvalue weighted by Gasteiger charge is -2.17. The molecule has 0 unspecified atom stereocenters. The molecular weight excluding hydrogens is 760 g/mol. The normalized spacial score (nSPS) is 13.5. The molecular formula is C12H3Cl15N6. The molecule has 0 aliphatic heterocycles. The third-order valence-corrected chi connectivity index (χ3v) is 5.19. The molecule has 2 heterocycles. The van der Waals surface area contributed by atoms with Gasteiger partial charge >= 0.3 is 0 Å². The molecule has 0 fully saturated rings. The van der Waals surface area contributed by atoms with Crippen LogP contribution < -0.4 is 0 Å². The molecule has 186 valence electrons. The van der Waals surface area contributed by atoms with Crippen LogP contribution in [0.3, 0.4) is 0 Å². The molecule has 0 atom stereocenters. The maximum absolute atomic E-state index is 5.62. The first-order valence-electron chi connectivity index (χ1n) is 7.27. The quantitative estimate of drug-likeness (QED) is 0.249. The smallest absolute Gasteiger partial charge is 0.214 e. The molecule has 0 aliphatic carbocycles. The molecule has 21 heteroatoms. The highest BCUT2D eigenvalue weighted by Crippen LogP contribution is 2.43. The van der Waals surface area contributed by atoms with Crippen molar-refractivity contribution in [1.29, 1.82) is 0 Å². The largest absolute Gasteiger partial charge is 0.250 e. The van der Waals surface area contributed by atoms with E-state index in [2.05, 4.69) is 29.9 Å². The Morgan fingerprint density at radius 3 is 0.636 bits per heavy atom. The van der Waals surface area contributed by atoms with Gasteiger partial charge in [-0.05, 0) is 6.92 Å². The van der Waals surface area contributed by atoms with Crippen molar-refractivity contribution >= 4 is 174 Å². The van der Waals surface area contributed by atoms with Crippen LogP contribution in [0.15, 0.2) is 0 Å². The topological polar surface area (TPSA) is 77.3 Å². The zero-order chi connectivity index (χ0) is 26.2. The summed E-state index contributed by atoms with van der Waals surface area (Å²) in [6.45, 7) is 1.57. The van der Waals surface area contributed by atoms with Crippen LogP contribution in [0, 0.1) is 6.92 Å². The first-order chi connectivity index (χ1) is 14.4. The molecule has 0 aromatic carbocycles. The highest BCUT2D eigenvalue weighted by atomic mass is 35.6. The Morgan fingerprint density at radius 2 is 0.485 bits per heavy atom. The molecule has 33 heavy (non-hydrogen) atoms. The van der Waals surface area contributed by atoms with Crippen molar-refractivity contribution in [2.75, 3.05) is 0 Å². The fourth-order valence-electron chi connectivity index (χ4n) is 1.49. The van der Waals surface area contributed by atoms with Crippen LogP contribution in [0.5, 0.6) is 0 Å². The summed E-state index contributed by atoms with van der Waals surface area (Å²) in [5.41, 5.74) is 0. The fraction of sp³-hybridized carbons (Fsp3) is 0.500. The van der Waals surface area contributed by atoms with Gasteiger partial charge in [0.2, 0.25) is 19.0 Å². The van der Waals surface area contributed by atoms with Gasteiger partial charge in [0.1, 0.15) is 5.82 Å². The predicted molar refractivity (Wildman–Crippen MR) is 141 cm³/mol. The number of hydrogen-bond acceptors (Lipinski definition) is 6. The average molecular weight is 763 g/mol. The second-order valence-electron chi connectivity index (χ2n) is 5.32. The molecule has 6 nitrogen and oxygen atoms in total. The van der Waals surface area contributed by atoms with E-state index in [0.717, 1.165) is 0 Å². The highest BCUT2D eigenvalue weighted by molar-refractivity contribution is 6.68. The van der Waals surface area contributed by atoms with Gasteiger partial charge in [-0.25, -0.2) is 29.9 Å². The summed E-state index contributed by atoms with van der Waals surface area (Å²) in [5, 5.41) is 0. The van der Waals surface area contributed by atoms with Crippen LogP contribution in [0.25, 0.3) is 0 Å². The van der Waals surface area contributed by atoms with Gasteiger partial charge in [0, 0.05) is 0 Å². The van der Waals surface area contributed by atoms with Gasteiger partial charge in [-0.1, -0.05) is 174 Å². The van der Waals surface area contributed by atoms with E-state index in [1.165, 1.54) is 0 Å². The third kappa shape index (κ3) is 11.3. The van der Waals surface area contributed by atoms with Gasteiger partial charge in [0.15, 0.2) is 29.1 Å². The molecule has 0 aliphatic rings. The van der Waals surface area contributed by atoms with E-state index >= 15 is 0 Å². The van der Waals surface area contributed by atoms with Crippen LogP contribution in [0.2, 0.25) is 0 Å². The molecule has 0 amide bonds. The van der Waals surface area contributed by atoms with Gasteiger partial charge in [-0.3, -0.25) is 0 Å². The Hall–Kier alpha value is 2.37. The van der Waals surface area contributed by atoms with Gasteiger partial charge in [0.05, 0.1) is 0 Å². The van der Waals surface area contributed by atoms with E-state index in [1.54, 1.807) is 6.92 Å². The molecule has 2 aromatic heterocycles. The van der Waals surface area contributed by atoms with Crippen molar-refractivity contribution in [3.05, 3.63) is 34.9 Å². The number of rotatable bonds is 0.